The van der Waals surface area contributed by atoms with Gasteiger partial charge in [0.25, 0.3) is 5.91 Å². The Morgan fingerprint density at radius 2 is 1.83 bits per heavy atom. The number of nitrogens with one attached hydrogen (secondary N) is 2. The Bertz CT molecular complexity index is 782. The number of hydrogen-bond donors (Lipinski definition) is 2. The summed E-state index contributed by atoms with van der Waals surface area (Å²) >= 11 is 1.36. The fourth-order valence-electron chi connectivity index (χ4n) is 3.74. The number of carbonyl (C=O) groups is 3. The smallest absolute Gasteiger partial charge is 0.341 e. The molecule has 0 saturated carbocycles. The number of esters is 2. The summed E-state index contributed by atoms with van der Waals surface area (Å²) in [5, 5.41) is 6.79. The van der Waals surface area contributed by atoms with Gasteiger partial charge in [-0.2, -0.15) is 0 Å². The van der Waals surface area contributed by atoms with E-state index in [0.717, 1.165) is 23.3 Å². The van der Waals surface area contributed by atoms with Crippen LogP contribution in [-0.2, 0) is 31.0 Å². The standard InChI is InChI=1S/C21H32N2O5S/c1-7-9-10-15(25)28-12-14(24)22-18-16(19(26)27-8-2)13-11-20(3,4)23-21(5,6)17(13)29-18/h23H,7-12H2,1-6H3,(H,22,24). The molecule has 0 atom stereocenters. The van der Waals surface area contributed by atoms with Crippen molar-refractivity contribution in [2.45, 2.75) is 78.3 Å². The van der Waals surface area contributed by atoms with Gasteiger partial charge >= 0.3 is 11.9 Å². The lowest BCUT2D eigenvalue weighted by molar-refractivity contribution is -0.147. The molecule has 0 bridgehead atoms. The molecule has 0 aliphatic carbocycles. The van der Waals surface area contributed by atoms with Crippen LogP contribution in [0.4, 0.5) is 5.00 Å². The van der Waals surface area contributed by atoms with Crippen molar-refractivity contribution in [3.8, 4) is 0 Å². The van der Waals surface area contributed by atoms with Crippen molar-refractivity contribution in [2.24, 2.45) is 0 Å². The van der Waals surface area contributed by atoms with Crippen molar-refractivity contribution >= 4 is 34.2 Å². The van der Waals surface area contributed by atoms with Gasteiger partial charge in [-0.3, -0.25) is 9.59 Å². The molecular formula is C21H32N2O5S. The molecule has 2 rings (SSSR count). The third-order valence-corrected chi connectivity index (χ3v) is 6.15. The number of amides is 1. The third-order valence-electron chi connectivity index (χ3n) is 4.68. The molecule has 0 spiro atoms. The average molecular weight is 425 g/mol. The van der Waals surface area contributed by atoms with E-state index in [2.05, 4.69) is 38.3 Å². The highest BCUT2D eigenvalue weighted by atomic mass is 32.1. The number of rotatable bonds is 8. The molecule has 0 fully saturated rings. The summed E-state index contributed by atoms with van der Waals surface area (Å²) in [5.74, 6) is -1.32. The van der Waals surface area contributed by atoms with Gasteiger partial charge in [0.2, 0.25) is 0 Å². The van der Waals surface area contributed by atoms with E-state index in [-0.39, 0.29) is 24.3 Å². The zero-order valence-corrected chi connectivity index (χ0v) is 19.0. The summed E-state index contributed by atoms with van der Waals surface area (Å²) in [7, 11) is 0. The molecular weight excluding hydrogens is 392 g/mol. The summed E-state index contributed by atoms with van der Waals surface area (Å²) in [6.07, 6.45) is 2.53. The summed E-state index contributed by atoms with van der Waals surface area (Å²) in [4.78, 5) is 37.7. The van der Waals surface area contributed by atoms with Crippen LogP contribution in [0.3, 0.4) is 0 Å². The summed E-state index contributed by atoms with van der Waals surface area (Å²) in [6.45, 7) is 11.9. The molecule has 2 N–H and O–H groups in total. The van der Waals surface area contributed by atoms with Crippen LogP contribution in [0.25, 0.3) is 0 Å². The van der Waals surface area contributed by atoms with Crippen LogP contribution in [0.15, 0.2) is 0 Å². The molecule has 0 radical (unpaired) electrons. The molecule has 0 aromatic carbocycles. The van der Waals surface area contributed by atoms with E-state index >= 15 is 0 Å². The number of hydrogen-bond acceptors (Lipinski definition) is 7. The Morgan fingerprint density at radius 3 is 2.45 bits per heavy atom. The lowest BCUT2D eigenvalue weighted by Crippen LogP contribution is -2.55. The second-order valence-electron chi connectivity index (χ2n) is 8.46. The van der Waals surface area contributed by atoms with Crippen molar-refractivity contribution in [3.05, 3.63) is 16.0 Å². The predicted molar refractivity (Wildman–Crippen MR) is 113 cm³/mol. The van der Waals surface area contributed by atoms with E-state index in [1.807, 2.05) is 6.92 Å². The topological polar surface area (TPSA) is 93.7 Å². The molecule has 1 aromatic rings. The lowest BCUT2D eigenvalue weighted by atomic mass is 9.81. The highest BCUT2D eigenvalue weighted by molar-refractivity contribution is 7.17. The van der Waals surface area contributed by atoms with Crippen LogP contribution < -0.4 is 10.6 Å². The van der Waals surface area contributed by atoms with Crippen LogP contribution in [-0.4, -0.2) is 36.6 Å². The molecule has 1 aromatic heterocycles. The number of thiophene rings is 1. The van der Waals surface area contributed by atoms with Crippen LogP contribution in [0.2, 0.25) is 0 Å². The SMILES string of the molecule is CCCCC(=O)OCC(=O)Nc1sc2c(c1C(=O)OCC)CC(C)(C)NC2(C)C. The maximum atomic E-state index is 12.7. The molecule has 2 heterocycles. The van der Waals surface area contributed by atoms with Gasteiger partial charge in [0.15, 0.2) is 6.61 Å². The minimum Gasteiger partial charge on any atom is -0.462 e. The van der Waals surface area contributed by atoms with E-state index in [1.54, 1.807) is 6.92 Å². The van der Waals surface area contributed by atoms with Crippen LogP contribution in [0, 0.1) is 0 Å². The molecule has 29 heavy (non-hydrogen) atoms. The fourth-order valence-corrected chi connectivity index (χ4v) is 5.02. The number of fused-ring (bicyclic) bond motifs is 1. The second-order valence-corrected chi connectivity index (χ2v) is 9.48. The highest BCUT2D eigenvalue weighted by Crippen LogP contribution is 2.45. The molecule has 7 nitrogen and oxygen atoms in total. The van der Waals surface area contributed by atoms with Gasteiger partial charge < -0.3 is 20.1 Å². The van der Waals surface area contributed by atoms with E-state index < -0.39 is 17.8 Å². The van der Waals surface area contributed by atoms with E-state index in [1.165, 1.54) is 11.3 Å². The Morgan fingerprint density at radius 1 is 1.14 bits per heavy atom. The number of unbranched alkanes of at least 4 members (excludes halogenated alkanes) is 1. The summed E-state index contributed by atoms with van der Waals surface area (Å²) in [6, 6.07) is 0. The summed E-state index contributed by atoms with van der Waals surface area (Å²) < 4.78 is 10.3. The molecule has 162 valence electrons. The number of anilines is 1. The van der Waals surface area contributed by atoms with E-state index in [0.29, 0.717) is 23.4 Å². The van der Waals surface area contributed by atoms with Gasteiger partial charge in [0.1, 0.15) is 5.00 Å². The zero-order valence-electron chi connectivity index (χ0n) is 18.2. The van der Waals surface area contributed by atoms with Crippen molar-refractivity contribution in [1.29, 1.82) is 0 Å². The first-order valence-electron chi connectivity index (χ1n) is 10.1. The molecule has 0 saturated heterocycles. The van der Waals surface area contributed by atoms with Crippen LogP contribution in [0.1, 0.15) is 81.6 Å². The minimum absolute atomic E-state index is 0.213. The maximum absolute atomic E-state index is 12.7. The third kappa shape index (κ3) is 5.79. The van der Waals surface area contributed by atoms with Crippen molar-refractivity contribution in [2.75, 3.05) is 18.5 Å². The average Bonchev–Trinajstić information content (AvgIpc) is 2.95. The fraction of sp³-hybridized carbons (Fsp3) is 0.667. The summed E-state index contributed by atoms with van der Waals surface area (Å²) in [5.41, 5.74) is 0.727. The van der Waals surface area contributed by atoms with Gasteiger partial charge in [0.05, 0.1) is 12.2 Å². The number of carbonyl (C=O) groups excluding carboxylic acids is 3. The van der Waals surface area contributed by atoms with Crippen molar-refractivity contribution < 1.29 is 23.9 Å². The Kier molecular flexibility index (Phi) is 7.45. The maximum Gasteiger partial charge on any atom is 0.341 e. The first kappa shape index (κ1) is 23.3. The second kappa shape index (κ2) is 9.26. The van der Waals surface area contributed by atoms with Crippen molar-refractivity contribution in [3.63, 3.8) is 0 Å². The van der Waals surface area contributed by atoms with Gasteiger partial charge in [-0.05, 0) is 53.0 Å². The van der Waals surface area contributed by atoms with Crippen LogP contribution >= 0.6 is 11.3 Å². The van der Waals surface area contributed by atoms with E-state index in [4.69, 9.17) is 9.47 Å². The predicted octanol–water partition coefficient (Wildman–Crippen LogP) is 3.76. The minimum atomic E-state index is -0.469. The Labute approximate surface area is 176 Å². The molecule has 1 amide bonds. The monoisotopic (exact) mass is 424 g/mol. The van der Waals surface area contributed by atoms with Gasteiger partial charge in [-0.1, -0.05) is 13.3 Å². The van der Waals surface area contributed by atoms with E-state index in [9.17, 15) is 14.4 Å². The van der Waals surface area contributed by atoms with Crippen molar-refractivity contribution in [1.82, 2.24) is 5.32 Å². The Hall–Kier alpha value is -1.93. The highest BCUT2D eigenvalue weighted by Gasteiger charge is 2.42. The number of ether oxygens (including phenoxy) is 2. The molecule has 1 aliphatic heterocycles. The van der Waals surface area contributed by atoms with Crippen LogP contribution in [0.5, 0.6) is 0 Å². The van der Waals surface area contributed by atoms with Gasteiger partial charge in [-0.15, -0.1) is 11.3 Å². The Balaban J connectivity index is 2.28. The first-order valence-corrected chi connectivity index (χ1v) is 10.9. The largest absolute Gasteiger partial charge is 0.462 e. The molecule has 0 unspecified atom stereocenters. The van der Waals surface area contributed by atoms with Gasteiger partial charge in [-0.25, -0.2) is 4.79 Å². The first-order chi connectivity index (χ1) is 13.5. The quantitative estimate of drug-likeness (QED) is 0.617. The normalized spacial score (nSPS) is 16.6. The lowest BCUT2D eigenvalue weighted by Gasteiger charge is -2.42. The van der Waals surface area contributed by atoms with Gasteiger partial charge in [0, 0.05) is 22.4 Å². The zero-order chi connectivity index (χ0) is 21.8. The molecule has 1 aliphatic rings. The molecule has 8 heteroatoms.